The van der Waals surface area contributed by atoms with Crippen molar-refractivity contribution in [3.8, 4) is 0 Å². The third-order valence-corrected chi connectivity index (χ3v) is 2.28. The van der Waals surface area contributed by atoms with E-state index in [1.54, 1.807) is 0 Å². The highest BCUT2D eigenvalue weighted by Gasteiger charge is 2.16. The Labute approximate surface area is 103 Å². The van der Waals surface area contributed by atoms with Crippen molar-refractivity contribution in [2.24, 2.45) is 5.73 Å². The number of rotatable bonds is 11. The van der Waals surface area contributed by atoms with Gasteiger partial charge in [-0.15, -0.1) is 0 Å². The minimum absolute atomic E-state index is 0.315. The number of carboxylic acid groups (broad SMARTS) is 1. The van der Waals surface area contributed by atoms with Gasteiger partial charge in [-0.3, -0.25) is 9.69 Å². The lowest BCUT2D eigenvalue weighted by Gasteiger charge is -2.23. The summed E-state index contributed by atoms with van der Waals surface area (Å²) in [7, 11) is 0. The van der Waals surface area contributed by atoms with Crippen molar-refractivity contribution >= 4 is 5.97 Å². The summed E-state index contributed by atoms with van der Waals surface area (Å²) in [5, 5.41) is 8.76. The number of carboxylic acids is 1. The monoisotopic (exact) mass is 248 g/mol. The van der Waals surface area contributed by atoms with Gasteiger partial charge in [-0.25, -0.2) is 0 Å². The summed E-state index contributed by atoms with van der Waals surface area (Å²) in [6, 6.07) is -0.863. The van der Waals surface area contributed by atoms with E-state index in [-0.39, 0.29) is 0 Å². The Morgan fingerprint density at radius 1 is 1.24 bits per heavy atom. The molecule has 0 aromatic heterocycles. The van der Waals surface area contributed by atoms with E-state index in [9.17, 15) is 4.79 Å². The molecule has 0 heterocycles. The first-order valence-electron chi connectivity index (χ1n) is 5.98. The van der Waals surface area contributed by atoms with Crippen LogP contribution in [0, 0.1) is 0 Å². The van der Waals surface area contributed by atoms with Crippen molar-refractivity contribution in [3.05, 3.63) is 0 Å². The molecule has 0 saturated heterocycles. The van der Waals surface area contributed by atoms with E-state index in [2.05, 4.69) is 0 Å². The summed E-state index contributed by atoms with van der Waals surface area (Å²) in [5.74, 6) is -0.984. The maximum atomic E-state index is 10.7. The molecular weight excluding hydrogens is 224 g/mol. The van der Waals surface area contributed by atoms with Gasteiger partial charge in [-0.05, 0) is 13.8 Å². The predicted octanol–water partition coefficient (Wildman–Crippen LogP) is -0.227. The van der Waals surface area contributed by atoms with Gasteiger partial charge in [0.05, 0.1) is 13.2 Å². The molecule has 1 unspecified atom stereocenters. The maximum Gasteiger partial charge on any atom is 0.321 e. The lowest BCUT2D eigenvalue weighted by molar-refractivity contribution is -0.139. The molecular formula is C11H24N2O4. The number of hydrogen-bond acceptors (Lipinski definition) is 5. The predicted molar refractivity (Wildman–Crippen MR) is 65.0 cm³/mol. The summed E-state index contributed by atoms with van der Waals surface area (Å²) in [4.78, 5) is 12.6. The van der Waals surface area contributed by atoms with Crippen molar-refractivity contribution in [3.63, 3.8) is 0 Å². The summed E-state index contributed by atoms with van der Waals surface area (Å²) in [6.45, 7) is 7.97. The van der Waals surface area contributed by atoms with Crippen LogP contribution in [0.5, 0.6) is 0 Å². The Morgan fingerprint density at radius 2 is 1.71 bits per heavy atom. The average Bonchev–Trinajstić information content (AvgIpc) is 2.29. The van der Waals surface area contributed by atoms with Gasteiger partial charge in [0.25, 0.3) is 0 Å². The van der Waals surface area contributed by atoms with Crippen molar-refractivity contribution in [1.82, 2.24) is 4.90 Å². The van der Waals surface area contributed by atoms with Gasteiger partial charge in [0.15, 0.2) is 0 Å². The van der Waals surface area contributed by atoms with Crippen LogP contribution in [0.25, 0.3) is 0 Å². The standard InChI is InChI=1S/C11H24N2O4/c1-3-16-7-5-13(6-8-17-4-2)9-10(12)11(14)15/h10H,3-9,12H2,1-2H3,(H,14,15). The van der Waals surface area contributed by atoms with E-state index < -0.39 is 12.0 Å². The summed E-state index contributed by atoms with van der Waals surface area (Å²) in [5.41, 5.74) is 5.50. The molecule has 3 N–H and O–H groups in total. The first-order valence-corrected chi connectivity index (χ1v) is 5.98. The van der Waals surface area contributed by atoms with E-state index in [0.29, 0.717) is 46.1 Å². The molecule has 0 aliphatic heterocycles. The smallest absolute Gasteiger partial charge is 0.321 e. The zero-order valence-corrected chi connectivity index (χ0v) is 10.7. The first kappa shape index (κ1) is 16.3. The number of aliphatic carboxylic acids is 1. The average molecular weight is 248 g/mol. The molecule has 102 valence electrons. The lowest BCUT2D eigenvalue weighted by atomic mass is 10.3. The molecule has 17 heavy (non-hydrogen) atoms. The van der Waals surface area contributed by atoms with E-state index in [1.807, 2.05) is 18.7 Å². The molecule has 0 fully saturated rings. The van der Waals surface area contributed by atoms with Crippen molar-refractivity contribution in [2.75, 3.05) is 46.1 Å². The second kappa shape index (κ2) is 10.5. The zero-order chi connectivity index (χ0) is 13.1. The molecule has 0 spiro atoms. The number of hydrogen-bond donors (Lipinski definition) is 2. The molecule has 6 heteroatoms. The van der Waals surface area contributed by atoms with Crippen LogP contribution in [-0.2, 0) is 14.3 Å². The maximum absolute atomic E-state index is 10.7. The Balaban J connectivity index is 3.95. The van der Waals surface area contributed by atoms with Gasteiger partial charge in [-0.1, -0.05) is 0 Å². The summed E-state index contributed by atoms with van der Waals surface area (Å²) >= 11 is 0. The fourth-order valence-corrected chi connectivity index (χ4v) is 1.33. The fourth-order valence-electron chi connectivity index (χ4n) is 1.33. The SMILES string of the molecule is CCOCCN(CCOCC)CC(N)C(=O)O. The Hall–Kier alpha value is -0.690. The number of ether oxygens (including phenoxy) is 2. The minimum atomic E-state index is -0.984. The minimum Gasteiger partial charge on any atom is -0.480 e. The van der Waals surface area contributed by atoms with Crippen LogP contribution < -0.4 is 5.73 Å². The van der Waals surface area contributed by atoms with Gasteiger partial charge in [-0.2, -0.15) is 0 Å². The van der Waals surface area contributed by atoms with E-state index >= 15 is 0 Å². The molecule has 6 nitrogen and oxygen atoms in total. The highest BCUT2D eigenvalue weighted by atomic mass is 16.5. The highest BCUT2D eigenvalue weighted by Crippen LogP contribution is 1.93. The number of carbonyl (C=O) groups is 1. The Morgan fingerprint density at radius 3 is 2.06 bits per heavy atom. The van der Waals surface area contributed by atoms with Crippen LogP contribution >= 0.6 is 0 Å². The molecule has 0 aliphatic rings. The van der Waals surface area contributed by atoms with Crippen molar-refractivity contribution in [1.29, 1.82) is 0 Å². The quantitative estimate of drug-likeness (QED) is 0.491. The van der Waals surface area contributed by atoms with Crippen LogP contribution in [0.1, 0.15) is 13.8 Å². The molecule has 1 atom stereocenters. The first-order chi connectivity index (χ1) is 8.11. The van der Waals surface area contributed by atoms with Gasteiger partial charge in [0.1, 0.15) is 6.04 Å². The van der Waals surface area contributed by atoms with Crippen molar-refractivity contribution in [2.45, 2.75) is 19.9 Å². The van der Waals surface area contributed by atoms with Crippen LogP contribution in [0.3, 0.4) is 0 Å². The molecule has 0 saturated carbocycles. The zero-order valence-electron chi connectivity index (χ0n) is 10.7. The van der Waals surface area contributed by atoms with Crippen LogP contribution in [0.2, 0.25) is 0 Å². The molecule has 0 bridgehead atoms. The van der Waals surface area contributed by atoms with E-state index in [1.165, 1.54) is 0 Å². The molecule has 0 radical (unpaired) electrons. The van der Waals surface area contributed by atoms with Crippen LogP contribution in [0.15, 0.2) is 0 Å². The summed E-state index contributed by atoms with van der Waals surface area (Å²) in [6.07, 6.45) is 0. The topological polar surface area (TPSA) is 85.0 Å². The fraction of sp³-hybridized carbons (Fsp3) is 0.909. The Bertz CT molecular complexity index is 192. The molecule has 0 aromatic carbocycles. The second-order valence-electron chi connectivity index (χ2n) is 3.64. The number of nitrogens with zero attached hydrogens (tertiary/aromatic N) is 1. The molecule has 0 aromatic rings. The van der Waals surface area contributed by atoms with Gasteiger partial charge in [0, 0.05) is 32.8 Å². The van der Waals surface area contributed by atoms with Gasteiger partial charge < -0.3 is 20.3 Å². The van der Waals surface area contributed by atoms with Crippen LogP contribution in [-0.4, -0.2) is 68.1 Å². The van der Waals surface area contributed by atoms with Crippen LogP contribution in [0.4, 0.5) is 0 Å². The van der Waals surface area contributed by atoms with E-state index in [4.69, 9.17) is 20.3 Å². The van der Waals surface area contributed by atoms with Gasteiger partial charge >= 0.3 is 5.97 Å². The van der Waals surface area contributed by atoms with Crippen molar-refractivity contribution < 1.29 is 19.4 Å². The van der Waals surface area contributed by atoms with Gasteiger partial charge in [0.2, 0.25) is 0 Å². The largest absolute Gasteiger partial charge is 0.480 e. The molecule has 0 amide bonds. The summed E-state index contributed by atoms with van der Waals surface area (Å²) < 4.78 is 10.5. The number of nitrogens with two attached hydrogens (primary N) is 1. The second-order valence-corrected chi connectivity index (χ2v) is 3.64. The normalized spacial score (nSPS) is 12.9. The third kappa shape index (κ3) is 9.05. The molecule has 0 aliphatic carbocycles. The highest BCUT2D eigenvalue weighted by molar-refractivity contribution is 5.73. The van der Waals surface area contributed by atoms with E-state index in [0.717, 1.165) is 0 Å². The third-order valence-electron chi connectivity index (χ3n) is 2.28. The Kier molecular flexibility index (Phi) is 10.0. The molecule has 0 rings (SSSR count). The lowest BCUT2D eigenvalue weighted by Crippen LogP contribution is -2.44.